The number of amides is 1. The number of rotatable bonds is 10. The van der Waals surface area contributed by atoms with Crippen molar-refractivity contribution < 1.29 is 14.3 Å². The van der Waals surface area contributed by atoms with Gasteiger partial charge in [0.1, 0.15) is 11.6 Å². The maximum absolute atomic E-state index is 14.1. The molecule has 4 rings (SSSR count). The minimum absolute atomic E-state index is 0.0187. The van der Waals surface area contributed by atoms with Gasteiger partial charge in [-0.1, -0.05) is 52.0 Å². The lowest BCUT2D eigenvalue weighted by molar-refractivity contribution is 0.0634. The summed E-state index contributed by atoms with van der Waals surface area (Å²) in [4.78, 5) is 34.9. The second-order valence-corrected chi connectivity index (χ2v) is 10.9. The first-order chi connectivity index (χ1) is 19.2. The Bertz CT molecular complexity index is 1500. The van der Waals surface area contributed by atoms with E-state index in [2.05, 4.69) is 20.8 Å². The largest absolute Gasteiger partial charge is 0.497 e. The van der Waals surface area contributed by atoms with Crippen molar-refractivity contribution in [1.82, 2.24) is 14.5 Å². The third kappa shape index (κ3) is 6.10. The van der Waals surface area contributed by atoms with Crippen LogP contribution in [0.4, 0.5) is 0 Å². The lowest BCUT2D eigenvalue weighted by Gasteiger charge is -2.32. The number of carbonyl (C=O) groups is 1. The Balaban J connectivity index is 1.87. The Morgan fingerprint density at radius 1 is 0.975 bits per heavy atom. The summed E-state index contributed by atoms with van der Waals surface area (Å²) in [5, 5.41) is 0.520. The van der Waals surface area contributed by atoms with Crippen LogP contribution in [-0.4, -0.2) is 47.7 Å². The lowest BCUT2D eigenvalue weighted by atomic mass is 9.86. The molecule has 0 aliphatic rings. The second kappa shape index (κ2) is 12.5. The fourth-order valence-electron chi connectivity index (χ4n) is 4.95. The molecule has 0 saturated heterocycles. The number of aromatic nitrogens is 2. The molecule has 3 aromatic carbocycles. The van der Waals surface area contributed by atoms with Crippen molar-refractivity contribution in [3.05, 3.63) is 100 Å². The number of ether oxygens (including phenoxy) is 2. The average molecular weight is 542 g/mol. The number of methoxy groups -OCH3 is 2. The van der Waals surface area contributed by atoms with Crippen LogP contribution in [0.2, 0.25) is 0 Å². The number of carbonyl (C=O) groups excluding carboxylic acids is 1. The van der Waals surface area contributed by atoms with Crippen molar-refractivity contribution >= 4 is 16.8 Å². The molecule has 1 amide bonds. The molecule has 210 valence electrons. The van der Waals surface area contributed by atoms with Crippen LogP contribution in [0.3, 0.4) is 0 Å². The molecule has 0 N–H and O–H groups in total. The van der Waals surface area contributed by atoms with Crippen LogP contribution in [0.1, 0.15) is 68.3 Å². The quantitative estimate of drug-likeness (QED) is 0.220. The second-order valence-electron chi connectivity index (χ2n) is 10.9. The smallest absolute Gasteiger partial charge is 0.266 e. The molecule has 4 aromatic rings. The van der Waals surface area contributed by atoms with Gasteiger partial charge < -0.3 is 14.4 Å². The highest BCUT2D eigenvalue weighted by molar-refractivity contribution is 5.94. The minimum atomic E-state index is -0.453. The van der Waals surface area contributed by atoms with E-state index in [1.54, 1.807) is 24.9 Å². The molecule has 7 nitrogen and oxygen atoms in total. The van der Waals surface area contributed by atoms with Gasteiger partial charge in [0.05, 0.1) is 29.7 Å². The summed E-state index contributed by atoms with van der Waals surface area (Å²) in [5.74, 6) is 1.11. The van der Waals surface area contributed by atoms with Crippen LogP contribution in [0.25, 0.3) is 16.6 Å². The number of benzene rings is 3. The third-order valence-corrected chi connectivity index (χ3v) is 7.20. The van der Waals surface area contributed by atoms with Gasteiger partial charge in [-0.15, -0.1) is 0 Å². The molecule has 0 spiro atoms. The van der Waals surface area contributed by atoms with Crippen LogP contribution in [0.15, 0.2) is 77.6 Å². The van der Waals surface area contributed by atoms with E-state index in [-0.39, 0.29) is 16.9 Å². The van der Waals surface area contributed by atoms with E-state index >= 15 is 0 Å². The first kappa shape index (κ1) is 29.0. The normalized spacial score (nSPS) is 12.3. The van der Waals surface area contributed by atoms with E-state index in [0.717, 1.165) is 5.56 Å². The first-order valence-corrected chi connectivity index (χ1v) is 13.8. The zero-order valence-corrected chi connectivity index (χ0v) is 24.3. The summed E-state index contributed by atoms with van der Waals surface area (Å²) >= 11 is 0. The Labute approximate surface area is 236 Å². The predicted molar refractivity (Wildman–Crippen MR) is 160 cm³/mol. The molecule has 1 aromatic heterocycles. The fourth-order valence-corrected chi connectivity index (χ4v) is 4.95. The maximum Gasteiger partial charge on any atom is 0.266 e. The van der Waals surface area contributed by atoms with Gasteiger partial charge in [-0.2, -0.15) is 0 Å². The molecule has 40 heavy (non-hydrogen) atoms. The van der Waals surface area contributed by atoms with E-state index in [9.17, 15) is 9.59 Å². The van der Waals surface area contributed by atoms with Gasteiger partial charge in [0.2, 0.25) is 0 Å². The van der Waals surface area contributed by atoms with Gasteiger partial charge in [-0.25, -0.2) is 4.98 Å². The molecule has 1 unspecified atom stereocenters. The van der Waals surface area contributed by atoms with Gasteiger partial charge in [0, 0.05) is 25.8 Å². The highest BCUT2D eigenvalue weighted by atomic mass is 16.5. The Hall–Kier alpha value is -3.97. The lowest BCUT2D eigenvalue weighted by Crippen LogP contribution is -2.39. The summed E-state index contributed by atoms with van der Waals surface area (Å²) in [6, 6.07) is 22.0. The van der Waals surface area contributed by atoms with E-state index in [1.165, 1.54) is 0 Å². The molecule has 0 aliphatic carbocycles. The molecule has 0 bridgehead atoms. The highest BCUT2D eigenvalue weighted by Gasteiger charge is 2.30. The summed E-state index contributed by atoms with van der Waals surface area (Å²) < 4.78 is 12.3. The van der Waals surface area contributed by atoms with Gasteiger partial charge >= 0.3 is 0 Å². The van der Waals surface area contributed by atoms with Gasteiger partial charge in [0.25, 0.3) is 11.5 Å². The van der Waals surface area contributed by atoms with Crippen molar-refractivity contribution in [2.24, 2.45) is 0 Å². The number of nitrogens with zero attached hydrogens (tertiary/aromatic N) is 3. The Morgan fingerprint density at radius 2 is 1.65 bits per heavy atom. The highest BCUT2D eigenvalue weighted by Crippen LogP contribution is 2.29. The molecule has 7 heteroatoms. The van der Waals surface area contributed by atoms with E-state index in [1.807, 2.05) is 78.6 Å². The third-order valence-electron chi connectivity index (χ3n) is 7.20. The van der Waals surface area contributed by atoms with Crippen molar-refractivity contribution in [3.63, 3.8) is 0 Å². The summed E-state index contributed by atoms with van der Waals surface area (Å²) in [7, 11) is 3.26. The predicted octanol–water partition coefficient (Wildman–Crippen LogP) is 6.32. The van der Waals surface area contributed by atoms with Crippen molar-refractivity contribution in [1.29, 1.82) is 0 Å². The Morgan fingerprint density at radius 3 is 2.25 bits per heavy atom. The average Bonchev–Trinajstić information content (AvgIpc) is 2.96. The molecule has 0 aliphatic heterocycles. The van der Waals surface area contributed by atoms with Crippen LogP contribution in [0, 0.1) is 0 Å². The van der Waals surface area contributed by atoms with Gasteiger partial charge in [0.15, 0.2) is 0 Å². The van der Waals surface area contributed by atoms with Crippen LogP contribution < -0.4 is 10.3 Å². The molecule has 1 heterocycles. The van der Waals surface area contributed by atoms with Crippen LogP contribution in [0.5, 0.6) is 5.75 Å². The summed E-state index contributed by atoms with van der Waals surface area (Å²) in [6.45, 7) is 9.44. The number of fused-ring (bicyclic) bond motifs is 1. The van der Waals surface area contributed by atoms with Crippen molar-refractivity contribution in [2.45, 2.75) is 52.0 Å². The number of hydrogen-bond donors (Lipinski definition) is 0. The van der Waals surface area contributed by atoms with Crippen molar-refractivity contribution in [3.8, 4) is 11.4 Å². The van der Waals surface area contributed by atoms with Gasteiger partial charge in [-0.05, 0) is 72.4 Å². The van der Waals surface area contributed by atoms with Crippen molar-refractivity contribution in [2.75, 3.05) is 27.4 Å². The monoisotopic (exact) mass is 541 g/mol. The zero-order chi connectivity index (χ0) is 28.9. The topological polar surface area (TPSA) is 73.7 Å². The van der Waals surface area contributed by atoms with Gasteiger partial charge in [-0.3, -0.25) is 14.2 Å². The number of para-hydroxylation sites is 1. The molecule has 1 atom stereocenters. The van der Waals surface area contributed by atoms with E-state index < -0.39 is 6.04 Å². The zero-order valence-electron chi connectivity index (χ0n) is 24.3. The molecular weight excluding hydrogens is 502 g/mol. The summed E-state index contributed by atoms with van der Waals surface area (Å²) in [6.07, 6.45) is 1.22. The molecule has 0 saturated carbocycles. The standard InChI is InChI=1S/C33H39N3O4/c1-7-29(35(21-10-22-39-5)31(37)23-13-15-24(16-14-23)33(2,3)4)30-34-28-12-9-8-11-27(28)32(38)36(30)25-17-19-26(40-6)20-18-25/h8-9,11-20,29H,7,10,21-22H2,1-6H3. The summed E-state index contributed by atoms with van der Waals surface area (Å²) in [5.41, 5.74) is 2.83. The minimum Gasteiger partial charge on any atom is -0.497 e. The molecular formula is C33H39N3O4. The number of hydrogen-bond acceptors (Lipinski definition) is 5. The molecule has 0 fully saturated rings. The SMILES string of the molecule is CCC(c1nc2ccccc2c(=O)n1-c1ccc(OC)cc1)N(CCCOC)C(=O)c1ccc(C(C)(C)C)cc1. The van der Waals surface area contributed by atoms with Crippen LogP contribution in [-0.2, 0) is 10.2 Å². The molecule has 0 radical (unpaired) electrons. The van der Waals surface area contributed by atoms with E-state index in [4.69, 9.17) is 14.5 Å². The maximum atomic E-state index is 14.1. The van der Waals surface area contributed by atoms with Crippen LogP contribution >= 0.6 is 0 Å². The first-order valence-electron chi connectivity index (χ1n) is 13.8. The fraction of sp³-hybridized carbons (Fsp3) is 0.364. The van der Waals surface area contributed by atoms with E-state index in [0.29, 0.717) is 59.7 Å². The Kier molecular flexibility index (Phi) is 9.05.